The van der Waals surface area contributed by atoms with Crippen LogP contribution in [-0.2, 0) is 0 Å². The van der Waals surface area contributed by atoms with Crippen molar-refractivity contribution < 1.29 is 4.74 Å². The number of hydrogen-bond donors (Lipinski definition) is 2. The molecule has 5 heteroatoms. The molecule has 0 atom stereocenters. The molecule has 1 aliphatic carbocycles. The SMILES string of the molecule is NC1CCC(Oc2cc3cc[nH]c(=O)c3cc2Br)CC1. The van der Waals surface area contributed by atoms with E-state index < -0.39 is 0 Å². The molecule has 1 aromatic carbocycles. The van der Waals surface area contributed by atoms with Gasteiger partial charge in [-0.3, -0.25) is 4.79 Å². The Morgan fingerprint density at radius 3 is 2.75 bits per heavy atom. The Morgan fingerprint density at radius 2 is 2.00 bits per heavy atom. The third-order valence-corrected chi connectivity index (χ3v) is 4.46. The quantitative estimate of drug-likeness (QED) is 0.885. The first-order chi connectivity index (χ1) is 9.63. The first-order valence-electron chi connectivity index (χ1n) is 6.86. The minimum absolute atomic E-state index is 0.0848. The van der Waals surface area contributed by atoms with Crippen LogP contribution in [0.15, 0.2) is 33.7 Å². The third kappa shape index (κ3) is 2.74. The molecule has 0 spiro atoms. The summed E-state index contributed by atoms with van der Waals surface area (Å²) in [4.78, 5) is 14.4. The van der Waals surface area contributed by atoms with Crippen molar-refractivity contribution in [3.05, 3.63) is 39.2 Å². The zero-order valence-electron chi connectivity index (χ0n) is 11.1. The molecule has 0 aliphatic heterocycles. The second-order valence-corrected chi connectivity index (χ2v) is 6.19. The van der Waals surface area contributed by atoms with Gasteiger partial charge in [-0.25, -0.2) is 0 Å². The summed E-state index contributed by atoms with van der Waals surface area (Å²) >= 11 is 3.49. The molecule has 0 amide bonds. The lowest BCUT2D eigenvalue weighted by molar-refractivity contribution is 0.146. The van der Waals surface area contributed by atoms with Gasteiger partial charge in [-0.05, 0) is 65.2 Å². The Labute approximate surface area is 125 Å². The maximum absolute atomic E-state index is 11.7. The van der Waals surface area contributed by atoms with Crippen molar-refractivity contribution in [3.8, 4) is 5.75 Å². The zero-order valence-corrected chi connectivity index (χ0v) is 12.7. The number of rotatable bonds is 2. The molecule has 0 radical (unpaired) electrons. The van der Waals surface area contributed by atoms with E-state index in [0.717, 1.165) is 41.3 Å². The average Bonchev–Trinajstić information content (AvgIpc) is 2.43. The van der Waals surface area contributed by atoms with Gasteiger partial charge in [0.25, 0.3) is 5.56 Å². The van der Waals surface area contributed by atoms with E-state index in [9.17, 15) is 4.79 Å². The molecule has 1 saturated carbocycles. The molecule has 4 nitrogen and oxygen atoms in total. The fourth-order valence-corrected chi connectivity index (χ4v) is 3.10. The number of aromatic nitrogens is 1. The molecule has 0 saturated heterocycles. The Kier molecular flexibility index (Phi) is 3.81. The van der Waals surface area contributed by atoms with E-state index >= 15 is 0 Å². The fraction of sp³-hybridized carbons (Fsp3) is 0.400. The number of hydrogen-bond acceptors (Lipinski definition) is 3. The maximum Gasteiger partial charge on any atom is 0.255 e. The minimum atomic E-state index is -0.0848. The number of nitrogens with one attached hydrogen (secondary N) is 1. The van der Waals surface area contributed by atoms with Gasteiger partial charge >= 0.3 is 0 Å². The molecule has 3 N–H and O–H groups in total. The van der Waals surface area contributed by atoms with Crippen LogP contribution in [0.4, 0.5) is 0 Å². The molecule has 20 heavy (non-hydrogen) atoms. The molecule has 3 rings (SSSR count). The lowest BCUT2D eigenvalue weighted by Gasteiger charge is -2.27. The summed E-state index contributed by atoms with van der Waals surface area (Å²) in [5.74, 6) is 0.795. The lowest BCUT2D eigenvalue weighted by atomic mass is 9.94. The van der Waals surface area contributed by atoms with Gasteiger partial charge in [0, 0.05) is 17.6 Å². The predicted molar refractivity (Wildman–Crippen MR) is 83.1 cm³/mol. The van der Waals surface area contributed by atoms with Crippen LogP contribution in [0.3, 0.4) is 0 Å². The monoisotopic (exact) mass is 336 g/mol. The van der Waals surface area contributed by atoms with Gasteiger partial charge < -0.3 is 15.5 Å². The Balaban J connectivity index is 1.88. The highest BCUT2D eigenvalue weighted by molar-refractivity contribution is 9.10. The Morgan fingerprint density at radius 1 is 1.25 bits per heavy atom. The van der Waals surface area contributed by atoms with E-state index in [1.165, 1.54) is 0 Å². The molecular weight excluding hydrogens is 320 g/mol. The Bertz CT molecular complexity index is 675. The molecule has 1 aliphatic rings. The highest BCUT2D eigenvalue weighted by Gasteiger charge is 2.20. The summed E-state index contributed by atoms with van der Waals surface area (Å²) in [7, 11) is 0. The summed E-state index contributed by atoms with van der Waals surface area (Å²) < 4.78 is 6.88. The second kappa shape index (κ2) is 5.58. The maximum atomic E-state index is 11.7. The number of benzene rings is 1. The zero-order chi connectivity index (χ0) is 14.1. The van der Waals surface area contributed by atoms with Crippen LogP contribution in [0, 0.1) is 0 Å². The van der Waals surface area contributed by atoms with Crippen LogP contribution in [0.2, 0.25) is 0 Å². The highest BCUT2D eigenvalue weighted by Crippen LogP contribution is 2.32. The molecule has 0 bridgehead atoms. The smallest absolute Gasteiger partial charge is 0.255 e. The molecule has 1 fully saturated rings. The van der Waals surface area contributed by atoms with Crippen molar-refractivity contribution in [2.45, 2.75) is 37.8 Å². The van der Waals surface area contributed by atoms with E-state index in [4.69, 9.17) is 10.5 Å². The van der Waals surface area contributed by atoms with Crippen LogP contribution >= 0.6 is 15.9 Å². The van der Waals surface area contributed by atoms with Crippen LogP contribution in [-0.4, -0.2) is 17.1 Å². The van der Waals surface area contributed by atoms with Gasteiger partial charge in [-0.1, -0.05) is 0 Å². The van der Waals surface area contributed by atoms with Gasteiger partial charge in [-0.15, -0.1) is 0 Å². The highest BCUT2D eigenvalue weighted by atomic mass is 79.9. The number of aromatic amines is 1. The van der Waals surface area contributed by atoms with Crippen LogP contribution in [0.5, 0.6) is 5.75 Å². The van der Waals surface area contributed by atoms with E-state index in [-0.39, 0.29) is 11.7 Å². The number of fused-ring (bicyclic) bond motifs is 1. The fourth-order valence-electron chi connectivity index (χ4n) is 2.66. The first kappa shape index (κ1) is 13.6. The molecule has 1 aromatic heterocycles. The Hall–Kier alpha value is -1.33. The van der Waals surface area contributed by atoms with E-state index in [2.05, 4.69) is 20.9 Å². The van der Waals surface area contributed by atoms with Gasteiger partial charge in [0.05, 0.1) is 10.6 Å². The van der Waals surface area contributed by atoms with Crippen molar-refractivity contribution in [2.75, 3.05) is 0 Å². The van der Waals surface area contributed by atoms with Gasteiger partial charge in [0.15, 0.2) is 0 Å². The molecule has 1 heterocycles. The number of ether oxygens (including phenoxy) is 1. The summed E-state index contributed by atoms with van der Waals surface area (Å²) in [5, 5.41) is 1.55. The lowest BCUT2D eigenvalue weighted by Crippen LogP contribution is -2.31. The number of pyridine rings is 1. The minimum Gasteiger partial charge on any atom is -0.489 e. The van der Waals surface area contributed by atoms with Gasteiger partial charge in [-0.2, -0.15) is 0 Å². The standard InChI is InChI=1S/C15H17BrN2O2/c16-13-8-12-9(5-6-18-15(12)19)7-14(13)20-11-3-1-10(17)2-4-11/h5-8,10-11H,1-4,17H2,(H,18,19). The number of H-pyrrole nitrogens is 1. The van der Waals surface area contributed by atoms with Crippen LogP contribution in [0.1, 0.15) is 25.7 Å². The molecule has 0 unspecified atom stereocenters. The summed E-state index contributed by atoms with van der Waals surface area (Å²) in [5.41, 5.74) is 5.82. The number of nitrogens with two attached hydrogens (primary N) is 1. The molecular formula is C15H17BrN2O2. The van der Waals surface area contributed by atoms with E-state index in [1.807, 2.05) is 18.2 Å². The topological polar surface area (TPSA) is 68.1 Å². The van der Waals surface area contributed by atoms with Crippen LogP contribution in [0.25, 0.3) is 10.8 Å². The van der Waals surface area contributed by atoms with Gasteiger partial charge in [0.2, 0.25) is 0 Å². The largest absolute Gasteiger partial charge is 0.489 e. The van der Waals surface area contributed by atoms with Crippen molar-refractivity contribution in [1.29, 1.82) is 0 Å². The molecule has 106 valence electrons. The summed E-state index contributed by atoms with van der Waals surface area (Å²) in [6, 6.07) is 5.93. The van der Waals surface area contributed by atoms with E-state index in [0.29, 0.717) is 11.4 Å². The van der Waals surface area contributed by atoms with Crippen LogP contribution < -0.4 is 16.0 Å². The van der Waals surface area contributed by atoms with Crippen molar-refractivity contribution >= 4 is 26.7 Å². The second-order valence-electron chi connectivity index (χ2n) is 5.33. The average molecular weight is 337 g/mol. The summed E-state index contributed by atoms with van der Waals surface area (Å²) in [6.45, 7) is 0. The van der Waals surface area contributed by atoms with E-state index in [1.54, 1.807) is 6.20 Å². The normalized spacial score (nSPS) is 22.9. The third-order valence-electron chi connectivity index (χ3n) is 3.84. The van der Waals surface area contributed by atoms with Crippen molar-refractivity contribution in [2.24, 2.45) is 5.73 Å². The van der Waals surface area contributed by atoms with Gasteiger partial charge in [0.1, 0.15) is 5.75 Å². The molecule has 2 aromatic rings. The first-order valence-corrected chi connectivity index (χ1v) is 7.66. The number of halogens is 1. The van der Waals surface area contributed by atoms with Crippen molar-refractivity contribution in [1.82, 2.24) is 4.98 Å². The summed E-state index contributed by atoms with van der Waals surface area (Å²) in [6.07, 6.45) is 5.86. The predicted octanol–water partition coefficient (Wildman–Crippen LogP) is 2.94. The van der Waals surface area contributed by atoms with Crippen molar-refractivity contribution in [3.63, 3.8) is 0 Å².